The SMILES string of the molecule is Brc1ccc(-c2ccccc2)cc1Br.Brc1ccc(-c2ccccc2)cc1Br.O. The molecule has 4 aromatic rings. The Hall–Kier alpha value is -1.24. The summed E-state index contributed by atoms with van der Waals surface area (Å²) in [5.74, 6) is 0. The van der Waals surface area contributed by atoms with Crippen LogP contribution in [-0.4, -0.2) is 5.48 Å². The maximum Gasteiger partial charge on any atom is 0.0323 e. The minimum absolute atomic E-state index is 0. The largest absolute Gasteiger partial charge is 0.412 e. The predicted molar refractivity (Wildman–Crippen MR) is 138 cm³/mol. The Bertz CT molecular complexity index is 964. The van der Waals surface area contributed by atoms with Gasteiger partial charge < -0.3 is 5.48 Å². The summed E-state index contributed by atoms with van der Waals surface area (Å²) in [5.41, 5.74) is 4.92. The summed E-state index contributed by atoms with van der Waals surface area (Å²) in [5, 5.41) is 0. The van der Waals surface area contributed by atoms with Crippen LogP contribution in [0.15, 0.2) is 115 Å². The van der Waals surface area contributed by atoms with Crippen LogP contribution >= 0.6 is 63.7 Å². The highest BCUT2D eigenvalue weighted by Gasteiger charge is 2.01. The second kappa shape index (κ2) is 11.8. The zero-order chi connectivity index (χ0) is 19.9. The summed E-state index contributed by atoms with van der Waals surface area (Å²) in [6.07, 6.45) is 0. The zero-order valence-corrected chi connectivity index (χ0v) is 21.6. The molecule has 0 aliphatic heterocycles. The van der Waals surface area contributed by atoms with Gasteiger partial charge in [0.05, 0.1) is 0 Å². The molecule has 4 rings (SSSR count). The predicted octanol–water partition coefficient (Wildman–Crippen LogP) is 8.93. The number of hydrogen-bond acceptors (Lipinski definition) is 0. The van der Waals surface area contributed by atoms with Crippen LogP contribution in [0.4, 0.5) is 0 Å². The molecule has 0 bridgehead atoms. The first kappa shape index (κ1) is 24.0. The van der Waals surface area contributed by atoms with Gasteiger partial charge in [0.2, 0.25) is 0 Å². The molecular weight excluding hydrogens is 624 g/mol. The molecule has 148 valence electrons. The molecule has 2 N–H and O–H groups in total. The Morgan fingerprint density at radius 2 is 0.690 bits per heavy atom. The molecule has 0 spiro atoms. The van der Waals surface area contributed by atoms with E-state index in [1.54, 1.807) is 0 Å². The van der Waals surface area contributed by atoms with E-state index in [-0.39, 0.29) is 5.48 Å². The summed E-state index contributed by atoms with van der Waals surface area (Å²) >= 11 is 13.9. The monoisotopic (exact) mass is 638 g/mol. The van der Waals surface area contributed by atoms with Gasteiger partial charge in [-0.05, 0) is 110 Å². The third-order valence-corrected chi connectivity index (χ3v) is 7.81. The second-order valence-electron chi connectivity index (χ2n) is 5.99. The highest BCUT2D eigenvalue weighted by molar-refractivity contribution is 9.13. The molecule has 0 saturated carbocycles. The van der Waals surface area contributed by atoms with Gasteiger partial charge in [0.15, 0.2) is 0 Å². The fourth-order valence-electron chi connectivity index (χ4n) is 2.61. The third kappa shape index (κ3) is 6.90. The van der Waals surface area contributed by atoms with E-state index in [4.69, 9.17) is 0 Å². The molecular formula is C24H18Br4O. The highest BCUT2D eigenvalue weighted by atomic mass is 79.9. The minimum Gasteiger partial charge on any atom is -0.412 e. The lowest BCUT2D eigenvalue weighted by Gasteiger charge is -2.03. The highest BCUT2D eigenvalue weighted by Crippen LogP contribution is 2.29. The van der Waals surface area contributed by atoms with Crippen LogP contribution in [-0.2, 0) is 0 Å². The minimum atomic E-state index is 0. The standard InChI is InChI=1S/2C12H8Br2.H2O/c2*13-11-7-6-10(8-12(11)14)9-4-2-1-3-5-9;/h2*1-8H;1H2. The van der Waals surface area contributed by atoms with Crippen molar-refractivity contribution in [3.8, 4) is 22.3 Å². The van der Waals surface area contributed by atoms with Crippen LogP contribution in [0.1, 0.15) is 0 Å². The molecule has 0 atom stereocenters. The Kier molecular flexibility index (Phi) is 9.80. The fraction of sp³-hybridized carbons (Fsp3) is 0. The molecule has 0 heterocycles. The molecule has 5 heteroatoms. The van der Waals surface area contributed by atoms with Crippen LogP contribution in [0.3, 0.4) is 0 Å². The van der Waals surface area contributed by atoms with E-state index in [1.165, 1.54) is 22.3 Å². The zero-order valence-electron chi connectivity index (χ0n) is 15.2. The van der Waals surface area contributed by atoms with Crippen molar-refractivity contribution in [1.82, 2.24) is 0 Å². The summed E-state index contributed by atoms with van der Waals surface area (Å²) in [7, 11) is 0. The second-order valence-corrected chi connectivity index (χ2v) is 9.41. The molecule has 0 fully saturated rings. The third-order valence-electron chi connectivity index (χ3n) is 4.05. The maximum absolute atomic E-state index is 3.50. The summed E-state index contributed by atoms with van der Waals surface area (Å²) in [6, 6.07) is 33.2. The quantitative estimate of drug-likeness (QED) is 0.209. The van der Waals surface area contributed by atoms with Crippen molar-refractivity contribution in [3.63, 3.8) is 0 Å². The van der Waals surface area contributed by atoms with E-state index >= 15 is 0 Å². The van der Waals surface area contributed by atoms with Crippen LogP contribution in [0.2, 0.25) is 0 Å². The molecule has 0 aliphatic rings. The molecule has 29 heavy (non-hydrogen) atoms. The van der Waals surface area contributed by atoms with Gasteiger partial charge in [-0.3, -0.25) is 0 Å². The maximum atomic E-state index is 3.50. The van der Waals surface area contributed by atoms with Crippen molar-refractivity contribution in [1.29, 1.82) is 0 Å². The van der Waals surface area contributed by atoms with Gasteiger partial charge >= 0.3 is 0 Å². The van der Waals surface area contributed by atoms with Crippen LogP contribution in [0.5, 0.6) is 0 Å². The first-order valence-electron chi connectivity index (χ1n) is 8.55. The van der Waals surface area contributed by atoms with Crippen molar-refractivity contribution in [3.05, 3.63) is 115 Å². The van der Waals surface area contributed by atoms with E-state index in [9.17, 15) is 0 Å². The first-order valence-corrected chi connectivity index (χ1v) is 11.7. The van der Waals surface area contributed by atoms with E-state index in [0.29, 0.717) is 0 Å². The van der Waals surface area contributed by atoms with Gasteiger partial charge in [0, 0.05) is 17.9 Å². The van der Waals surface area contributed by atoms with Crippen molar-refractivity contribution in [2.24, 2.45) is 0 Å². The lowest BCUT2D eigenvalue weighted by molar-refractivity contribution is 0.824. The summed E-state index contributed by atoms with van der Waals surface area (Å²) in [6.45, 7) is 0. The van der Waals surface area contributed by atoms with E-state index in [1.807, 2.05) is 48.5 Å². The Balaban J connectivity index is 0.000000200. The Labute approximate surface area is 205 Å². The van der Waals surface area contributed by atoms with Gasteiger partial charge in [0.1, 0.15) is 0 Å². The lowest BCUT2D eigenvalue weighted by atomic mass is 10.1. The molecule has 4 aromatic carbocycles. The van der Waals surface area contributed by atoms with Gasteiger partial charge in [-0.2, -0.15) is 0 Å². The smallest absolute Gasteiger partial charge is 0.0323 e. The summed E-state index contributed by atoms with van der Waals surface area (Å²) < 4.78 is 4.33. The van der Waals surface area contributed by atoms with Gasteiger partial charge in [-0.1, -0.05) is 72.8 Å². The molecule has 1 nitrogen and oxygen atoms in total. The first-order chi connectivity index (χ1) is 13.5. The number of rotatable bonds is 2. The van der Waals surface area contributed by atoms with Gasteiger partial charge in [-0.15, -0.1) is 0 Å². The van der Waals surface area contributed by atoms with Crippen molar-refractivity contribution < 1.29 is 5.48 Å². The topological polar surface area (TPSA) is 31.5 Å². The normalized spacial score (nSPS) is 9.79. The molecule has 0 aromatic heterocycles. The van der Waals surface area contributed by atoms with Crippen LogP contribution < -0.4 is 0 Å². The van der Waals surface area contributed by atoms with Crippen molar-refractivity contribution >= 4 is 63.7 Å². The molecule has 0 radical (unpaired) electrons. The average molecular weight is 642 g/mol. The number of benzene rings is 4. The molecule has 0 aliphatic carbocycles. The fourth-order valence-corrected chi connectivity index (χ4v) is 3.86. The molecule has 0 saturated heterocycles. The Morgan fingerprint density at radius 1 is 0.345 bits per heavy atom. The van der Waals surface area contributed by atoms with Crippen LogP contribution in [0.25, 0.3) is 22.3 Å². The molecule has 0 unspecified atom stereocenters. The van der Waals surface area contributed by atoms with Crippen molar-refractivity contribution in [2.45, 2.75) is 0 Å². The van der Waals surface area contributed by atoms with Crippen molar-refractivity contribution in [2.75, 3.05) is 0 Å². The Morgan fingerprint density at radius 3 is 1.00 bits per heavy atom. The van der Waals surface area contributed by atoms with Gasteiger partial charge in [-0.25, -0.2) is 0 Å². The van der Waals surface area contributed by atoms with Gasteiger partial charge in [0.25, 0.3) is 0 Å². The van der Waals surface area contributed by atoms with E-state index in [0.717, 1.165) is 17.9 Å². The summed E-state index contributed by atoms with van der Waals surface area (Å²) in [4.78, 5) is 0. The molecule has 0 amide bonds. The van der Waals surface area contributed by atoms with E-state index < -0.39 is 0 Å². The number of halogens is 4. The van der Waals surface area contributed by atoms with E-state index in [2.05, 4.69) is 112 Å². The average Bonchev–Trinajstić information content (AvgIpc) is 2.74. The number of hydrogen-bond donors (Lipinski definition) is 0. The van der Waals surface area contributed by atoms with Crippen LogP contribution in [0, 0.1) is 0 Å². The lowest BCUT2D eigenvalue weighted by Crippen LogP contribution is -1.77.